The highest BCUT2D eigenvalue weighted by Gasteiger charge is 2.09. The molecule has 3 rings (SSSR count). The predicted octanol–water partition coefficient (Wildman–Crippen LogP) is 2.97. The molecule has 0 saturated carbocycles. The summed E-state index contributed by atoms with van der Waals surface area (Å²) in [6, 6.07) is 9.65. The molecule has 2 heterocycles. The van der Waals surface area contributed by atoms with Gasteiger partial charge in [-0.15, -0.1) is 0 Å². The maximum atomic E-state index is 10.4. The Balaban J connectivity index is 2.06. The second-order valence-corrected chi connectivity index (χ2v) is 5.13. The minimum atomic E-state index is 0.346. The van der Waals surface area contributed by atoms with E-state index in [0.717, 1.165) is 28.4 Å². The summed E-state index contributed by atoms with van der Waals surface area (Å²) in [4.78, 5) is 14.6. The molecule has 0 radical (unpaired) electrons. The molecule has 0 aliphatic heterocycles. The van der Waals surface area contributed by atoms with Crippen LogP contribution in [0.4, 0.5) is 0 Å². The van der Waals surface area contributed by atoms with Crippen LogP contribution in [-0.4, -0.2) is 22.4 Å². The van der Waals surface area contributed by atoms with Crippen LogP contribution in [0.1, 0.15) is 5.56 Å². The van der Waals surface area contributed by atoms with Crippen LogP contribution >= 0.6 is 11.6 Å². The lowest BCUT2D eigenvalue weighted by molar-refractivity contribution is -0.107. The molecule has 1 aromatic carbocycles. The third kappa shape index (κ3) is 2.82. The summed E-state index contributed by atoms with van der Waals surface area (Å²) in [5, 5.41) is 4.93. The Hall–Kier alpha value is -2.17. The summed E-state index contributed by atoms with van der Waals surface area (Å²) < 4.78 is 2.08. The quantitative estimate of drug-likeness (QED) is 0.582. The molecule has 0 fully saturated rings. The molecule has 21 heavy (non-hydrogen) atoms. The molecule has 0 amide bonds. The number of nitrogens with zero attached hydrogens (tertiary/aromatic N) is 2. The van der Waals surface area contributed by atoms with Crippen molar-refractivity contribution < 1.29 is 4.79 Å². The molecular weight excluding hydrogens is 286 g/mol. The van der Waals surface area contributed by atoms with E-state index < -0.39 is 0 Å². The van der Waals surface area contributed by atoms with Crippen molar-refractivity contribution in [2.24, 2.45) is 0 Å². The zero-order valence-corrected chi connectivity index (χ0v) is 12.0. The average molecular weight is 300 g/mol. The maximum Gasteiger partial charge on any atom is 0.133 e. The summed E-state index contributed by atoms with van der Waals surface area (Å²) in [5.74, 6) is 0. The number of halogens is 1. The monoisotopic (exact) mass is 299 g/mol. The highest BCUT2D eigenvalue weighted by molar-refractivity contribution is 6.30. The van der Waals surface area contributed by atoms with Gasteiger partial charge in [0.1, 0.15) is 6.29 Å². The molecule has 0 aliphatic carbocycles. The van der Waals surface area contributed by atoms with Crippen molar-refractivity contribution in [2.45, 2.75) is 6.54 Å². The van der Waals surface area contributed by atoms with E-state index in [1.54, 1.807) is 6.20 Å². The predicted molar refractivity (Wildman–Crippen MR) is 83.9 cm³/mol. The molecule has 0 atom stereocenters. The third-order valence-electron chi connectivity index (χ3n) is 3.34. The number of hydrogen-bond acceptors (Lipinski definition) is 3. The topological polar surface area (TPSA) is 46.9 Å². The van der Waals surface area contributed by atoms with Gasteiger partial charge in [-0.25, -0.2) is 0 Å². The van der Waals surface area contributed by atoms with E-state index in [0.29, 0.717) is 18.1 Å². The fourth-order valence-corrected chi connectivity index (χ4v) is 2.49. The second-order valence-electron chi connectivity index (χ2n) is 4.69. The lowest BCUT2D eigenvalue weighted by Gasteiger charge is -2.04. The molecule has 0 bridgehead atoms. The first-order valence-electron chi connectivity index (χ1n) is 6.64. The van der Waals surface area contributed by atoms with Crippen molar-refractivity contribution >= 4 is 28.8 Å². The van der Waals surface area contributed by atoms with E-state index in [2.05, 4.69) is 21.1 Å². The Morgan fingerprint density at radius 3 is 2.81 bits per heavy atom. The number of rotatable bonds is 5. The van der Waals surface area contributed by atoms with Crippen molar-refractivity contribution in [1.29, 1.82) is 0 Å². The summed E-state index contributed by atoms with van der Waals surface area (Å²) in [6.45, 7) is 0.985. The molecule has 0 spiro atoms. The molecule has 5 heteroatoms. The summed E-state index contributed by atoms with van der Waals surface area (Å²) >= 11 is 5.94. The molecule has 0 unspecified atom stereocenters. The minimum absolute atomic E-state index is 0.346. The number of aromatic nitrogens is 2. The maximum absolute atomic E-state index is 10.4. The Labute approximate surface area is 127 Å². The van der Waals surface area contributed by atoms with Gasteiger partial charge >= 0.3 is 0 Å². The minimum Gasteiger partial charge on any atom is -0.315 e. The van der Waals surface area contributed by atoms with Gasteiger partial charge in [-0.1, -0.05) is 11.6 Å². The van der Waals surface area contributed by atoms with Crippen molar-refractivity contribution in [3.8, 4) is 5.69 Å². The van der Waals surface area contributed by atoms with Gasteiger partial charge in [-0.3, -0.25) is 4.98 Å². The van der Waals surface area contributed by atoms with Gasteiger partial charge in [-0.2, -0.15) is 0 Å². The zero-order chi connectivity index (χ0) is 14.7. The lowest BCUT2D eigenvalue weighted by atomic mass is 10.2. The van der Waals surface area contributed by atoms with Crippen molar-refractivity contribution in [1.82, 2.24) is 14.9 Å². The van der Waals surface area contributed by atoms with Gasteiger partial charge in [0.05, 0.1) is 18.3 Å². The van der Waals surface area contributed by atoms with Gasteiger partial charge in [0.15, 0.2) is 0 Å². The SMILES string of the molecule is O=CCNCc1cn(-c2ccc(Cl)cc2)c2cnccc12. The van der Waals surface area contributed by atoms with E-state index >= 15 is 0 Å². The summed E-state index contributed by atoms with van der Waals surface area (Å²) in [6.07, 6.45) is 6.54. The van der Waals surface area contributed by atoms with Crippen LogP contribution in [-0.2, 0) is 11.3 Å². The van der Waals surface area contributed by atoms with Gasteiger partial charge in [-0.05, 0) is 35.9 Å². The number of hydrogen-bond donors (Lipinski definition) is 1. The molecule has 2 aromatic heterocycles. The van der Waals surface area contributed by atoms with E-state index in [4.69, 9.17) is 11.6 Å². The highest BCUT2D eigenvalue weighted by atomic mass is 35.5. The van der Waals surface area contributed by atoms with Crippen molar-refractivity contribution in [2.75, 3.05) is 6.54 Å². The smallest absolute Gasteiger partial charge is 0.133 e. The normalized spacial score (nSPS) is 10.9. The fourth-order valence-electron chi connectivity index (χ4n) is 2.37. The molecule has 106 valence electrons. The first-order valence-corrected chi connectivity index (χ1v) is 7.01. The molecule has 4 nitrogen and oxygen atoms in total. The number of carbonyl (C=O) groups excluding carboxylic acids is 1. The fraction of sp³-hybridized carbons (Fsp3) is 0.125. The molecule has 0 aliphatic rings. The largest absolute Gasteiger partial charge is 0.315 e. The number of nitrogens with one attached hydrogen (secondary N) is 1. The highest BCUT2D eigenvalue weighted by Crippen LogP contribution is 2.24. The lowest BCUT2D eigenvalue weighted by Crippen LogP contribution is -2.15. The van der Waals surface area contributed by atoms with Crippen LogP contribution in [0, 0.1) is 0 Å². The first-order chi connectivity index (χ1) is 10.3. The molecule has 3 aromatic rings. The van der Waals surface area contributed by atoms with Crippen LogP contribution in [0.15, 0.2) is 48.9 Å². The summed E-state index contributed by atoms with van der Waals surface area (Å²) in [7, 11) is 0. The number of fused-ring (bicyclic) bond motifs is 1. The van der Waals surface area contributed by atoms with Crippen LogP contribution < -0.4 is 5.32 Å². The Bertz CT molecular complexity index is 765. The first kappa shape index (κ1) is 13.8. The van der Waals surface area contributed by atoms with Crippen LogP contribution in [0.5, 0.6) is 0 Å². The molecule has 1 N–H and O–H groups in total. The van der Waals surface area contributed by atoms with Gasteiger partial charge < -0.3 is 14.7 Å². The van der Waals surface area contributed by atoms with E-state index in [-0.39, 0.29) is 0 Å². The van der Waals surface area contributed by atoms with E-state index in [1.807, 2.05) is 36.5 Å². The van der Waals surface area contributed by atoms with Gasteiger partial charge in [0.2, 0.25) is 0 Å². The second kappa shape index (κ2) is 6.08. The Morgan fingerprint density at radius 1 is 1.24 bits per heavy atom. The average Bonchev–Trinajstić information content (AvgIpc) is 2.88. The van der Waals surface area contributed by atoms with Crippen molar-refractivity contribution in [3.05, 3.63) is 59.5 Å². The Kier molecular flexibility index (Phi) is 3.99. The number of benzene rings is 1. The van der Waals surface area contributed by atoms with E-state index in [9.17, 15) is 4.79 Å². The number of aldehydes is 1. The van der Waals surface area contributed by atoms with E-state index in [1.165, 1.54) is 0 Å². The summed E-state index contributed by atoms with van der Waals surface area (Å²) in [5.41, 5.74) is 3.19. The van der Waals surface area contributed by atoms with Crippen LogP contribution in [0.3, 0.4) is 0 Å². The van der Waals surface area contributed by atoms with Crippen LogP contribution in [0.25, 0.3) is 16.6 Å². The van der Waals surface area contributed by atoms with Gasteiger partial charge in [0.25, 0.3) is 0 Å². The molecular formula is C16H14ClN3O. The standard InChI is InChI=1S/C16H14ClN3O/c17-13-1-3-14(4-2-13)20-11-12(9-19-7-8-21)15-5-6-18-10-16(15)20/h1-6,8,10-11,19H,7,9H2. The Morgan fingerprint density at radius 2 is 2.05 bits per heavy atom. The van der Waals surface area contributed by atoms with Crippen molar-refractivity contribution in [3.63, 3.8) is 0 Å². The van der Waals surface area contributed by atoms with Crippen LogP contribution in [0.2, 0.25) is 5.02 Å². The zero-order valence-electron chi connectivity index (χ0n) is 11.3. The number of carbonyl (C=O) groups is 1. The van der Waals surface area contributed by atoms with Gasteiger partial charge in [0, 0.05) is 35.0 Å². The number of pyridine rings is 1. The third-order valence-corrected chi connectivity index (χ3v) is 3.59. The molecule has 0 saturated heterocycles.